The summed E-state index contributed by atoms with van der Waals surface area (Å²) in [5, 5.41) is 3.45. The first kappa shape index (κ1) is 20.6. The van der Waals surface area contributed by atoms with Crippen molar-refractivity contribution in [2.45, 2.75) is 32.0 Å². The predicted octanol–water partition coefficient (Wildman–Crippen LogP) is 1.15. The van der Waals surface area contributed by atoms with Crippen molar-refractivity contribution in [3.63, 3.8) is 0 Å². The van der Waals surface area contributed by atoms with E-state index in [4.69, 9.17) is 4.74 Å². The third-order valence-corrected chi connectivity index (χ3v) is 5.28. The Morgan fingerprint density at radius 2 is 1.79 bits per heavy atom. The van der Waals surface area contributed by atoms with Crippen LogP contribution in [0.15, 0.2) is 29.3 Å². The van der Waals surface area contributed by atoms with Gasteiger partial charge in [-0.1, -0.05) is 24.3 Å². The van der Waals surface area contributed by atoms with Gasteiger partial charge in [0.25, 0.3) is 5.91 Å². The summed E-state index contributed by atoms with van der Waals surface area (Å²) in [5.41, 5.74) is 2.54. The Morgan fingerprint density at radius 1 is 1.14 bits per heavy atom. The number of aliphatic imine (C=N–C) groups is 1. The van der Waals surface area contributed by atoms with Gasteiger partial charge in [-0.15, -0.1) is 0 Å². The molecule has 1 N–H and O–H groups in total. The lowest BCUT2D eigenvalue weighted by atomic mass is 10.1. The fourth-order valence-electron chi connectivity index (χ4n) is 3.76. The topological polar surface area (TPSA) is 60.4 Å². The maximum Gasteiger partial charge on any atom is 0.251 e. The van der Waals surface area contributed by atoms with Crippen LogP contribution in [-0.2, 0) is 22.6 Å². The maximum absolute atomic E-state index is 12.5. The Morgan fingerprint density at radius 3 is 2.36 bits per heavy atom. The zero-order valence-corrected chi connectivity index (χ0v) is 17.4. The number of benzene rings is 1. The summed E-state index contributed by atoms with van der Waals surface area (Å²) in [6, 6.07) is 8.68. The zero-order valence-electron chi connectivity index (χ0n) is 17.4. The number of nitrogens with one attached hydrogen (secondary N) is 1. The van der Waals surface area contributed by atoms with E-state index in [1.807, 2.05) is 11.9 Å². The number of hydrogen-bond acceptors (Lipinski definition) is 4. The van der Waals surface area contributed by atoms with E-state index in [-0.39, 0.29) is 12.0 Å². The lowest BCUT2D eigenvalue weighted by molar-refractivity contribution is -0.142. The Hall–Kier alpha value is -2.12. The Balaban J connectivity index is 1.46. The smallest absolute Gasteiger partial charge is 0.251 e. The van der Waals surface area contributed by atoms with Crippen LogP contribution in [0.2, 0.25) is 0 Å². The number of nitrogens with zero attached hydrogens (tertiary/aromatic N) is 4. The minimum atomic E-state index is -0.223. The van der Waals surface area contributed by atoms with Gasteiger partial charge in [0.15, 0.2) is 5.96 Å². The highest BCUT2D eigenvalue weighted by molar-refractivity contribution is 5.82. The van der Waals surface area contributed by atoms with Crippen molar-refractivity contribution < 1.29 is 9.53 Å². The molecular formula is C21H33N5O2. The van der Waals surface area contributed by atoms with Gasteiger partial charge in [0.05, 0.1) is 0 Å². The number of hydrogen-bond donors (Lipinski definition) is 1. The average molecular weight is 388 g/mol. The number of rotatable bonds is 5. The number of carbonyl (C=O) groups excluding carboxylic acids is 1. The minimum Gasteiger partial charge on any atom is -0.368 e. The number of carbonyl (C=O) groups is 1. The maximum atomic E-state index is 12.5. The fraction of sp³-hybridized carbons (Fsp3) is 0.619. The van der Waals surface area contributed by atoms with Crippen molar-refractivity contribution in [1.82, 2.24) is 20.0 Å². The molecule has 0 radical (unpaired) electrons. The molecule has 1 amide bonds. The van der Waals surface area contributed by atoms with Gasteiger partial charge in [-0.3, -0.25) is 9.79 Å². The van der Waals surface area contributed by atoms with Crippen LogP contribution in [0.25, 0.3) is 0 Å². The monoisotopic (exact) mass is 387 g/mol. The van der Waals surface area contributed by atoms with E-state index in [1.165, 1.54) is 11.1 Å². The van der Waals surface area contributed by atoms with Crippen molar-refractivity contribution in [3.8, 4) is 0 Å². The summed E-state index contributed by atoms with van der Waals surface area (Å²) >= 11 is 0. The SMILES string of the molecule is CN=C(NCc1ccc(CN(C)C)cc1)N1CCN(C(=O)C2CCCO2)CC1. The summed E-state index contributed by atoms with van der Waals surface area (Å²) in [6.07, 6.45) is 1.62. The van der Waals surface area contributed by atoms with Crippen LogP contribution >= 0.6 is 0 Å². The Kier molecular flexibility index (Phi) is 7.28. The van der Waals surface area contributed by atoms with E-state index in [0.29, 0.717) is 6.61 Å². The van der Waals surface area contributed by atoms with E-state index in [2.05, 4.69) is 58.5 Å². The van der Waals surface area contributed by atoms with Crippen LogP contribution in [0, 0.1) is 0 Å². The molecule has 2 aliphatic rings. The van der Waals surface area contributed by atoms with Crippen LogP contribution in [-0.4, -0.2) is 86.6 Å². The van der Waals surface area contributed by atoms with Crippen molar-refractivity contribution in [1.29, 1.82) is 0 Å². The molecule has 0 bridgehead atoms. The highest BCUT2D eigenvalue weighted by atomic mass is 16.5. The minimum absolute atomic E-state index is 0.151. The van der Waals surface area contributed by atoms with Gasteiger partial charge in [0.1, 0.15) is 6.10 Å². The van der Waals surface area contributed by atoms with Gasteiger partial charge in [0.2, 0.25) is 0 Å². The first-order valence-corrected chi connectivity index (χ1v) is 10.2. The largest absolute Gasteiger partial charge is 0.368 e. The second-order valence-electron chi connectivity index (χ2n) is 7.77. The van der Waals surface area contributed by atoms with Gasteiger partial charge in [-0.25, -0.2) is 0 Å². The highest BCUT2D eigenvalue weighted by Gasteiger charge is 2.30. The summed E-state index contributed by atoms with van der Waals surface area (Å²) in [5.74, 6) is 1.04. The molecule has 0 aromatic heterocycles. The summed E-state index contributed by atoms with van der Waals surface area (Å²) < 4.78 is 5.54. The Labute approximate surface area is 168 Å². The van der Waals surface area contributed by atoms with Gasteiger partial charge < -0.3 is 24.8 Å². The quantitative estimate of drug-likeness (QED) is 0.607. The van der Waals surface area contributed by atoms with Crippen LogP contribution in [0.3, 0.4) is 0 Å². The van der Waals surface area contributed by atoms with Crippen LogP contribution in [0.1, 0.15) is 24.0 Å². The molecule has 2 heterocycles. The van der Waals surface area contributed by atoms with E-state index < -0.39 is 0 Å². The van der Waals surface area contributed by atoms with Crippen molar-refractivity contribution in [2.24, 2.45) is 4.99 Å². The first-order valence-electron chi connectivity index (χ1n) is 10.2. The molecule has 2 fully saturated rings. The van der Waals surface area contributed by atoms with E-state index in [1.54, 1.807) is 0 Å². The Bertz CT molecular complexity index is 660. The van der Waals surface area contributed by atoms with E-state index in [0.717, 1.165) is 58.1 Å². The number of piperazine rings is 1. The number of amides is 1. The van der Waals surface area contributed by atoms with Gasteiger partial charge in [-0.2, -0.15) is 0 Å². The normalized spacial score (nSPS) is 20.7. The van der Waals surface area contributed by atoms with Crippen LogP contribution in [0.4, 0.5) is 0 Å². The van der Waals surface area contributed by atoms with Crippen LogP contribution in [0.5, 0.6) is 0 Å². The molecule has 154 valence electrons. The summed E-state index contributed by atoms with van der Waals surface area (Å²) in [4.78, 5) is 23.2. The summed E-state index contributed by atoms with van der Waals surface area (Å²) in [7, 11) is 5.97. The third kappa shape index (κ3) is 5.45. The zero-order chi connectivity index (χ0) is 19.9. The first-order chi connectivity index (χ1) is 13.6. The number of guanidine groups is 1. The molecule has 1 unspecified atom stereocenters. The molecule has 0 saturated carbocycles. The van der Waals surface area contributed by atoms with Crippen molar-refractivity contribution in [2.75, 3.05) is 53.9 Å². The second kappa shape index (κ2) is 9.89. The molecule has 2 aliphatic heterocycles. The van der Waals surface area contributed by atoms with Crippen LogP contribution < -0.4 is 5.32 Å². The summed E-state index contributed by atoms with van der Waals surface area (Å²) in [6.45, 7) is 5.42. The molecular weight excluding hydrogens is 354 g/mol. The lowest BCUT2D eigenvalue weighted by Crippen LogP contribution is -2.55. The molecule has 2 saturated heterocycles. The average Bonchev–Trinajstić information content (AvgIpc) is 3.24. The van der Waals surface area contributed by atoms with Crippen molar-refractivity contribution >= 4 is 11.9 Å². The molecule has 3 rings (SSSR count). The van der Waals surface area contributed by atoms with E-state index in [9.17, 15) is 4.79 Å². The van der Waals surface area contributed by atoms with Gasteiger partial charge in [0, 0.05) is 52.9 Å². The highest BCUT2D eigenvalue weighted by Crippen LogP contribution is 2.16. The lowest BCUT2D eigenvalue weighted by Gasteiger charge is -2.37. The molecule has 0 spiro atoms. The van der Waals surface area contributed by atoms with Gasteiger partial charge in [-0.05, 0) is 38.1 Å². The third-order valence-electron chi connectivity index (χ3n) is 5.28. The molecule has 1 aromatic rings. The fourth-order valence-corrected chi connectivity index (χ4v) is 3.76. The molecule has 0 aliphatic carbocycles. The van der Waals surface area contributed by atoms with E-state index >= 15 is 0 Å². The molecule has 28 heavy (non-hydrogen) atoms. The standard InChI is InChI=1S/C21H33N5O2/c1-22-21(23-15-17-6-8-18(9-7-17)16-24(2)3)26-12-10-25(11-13-26)20(27)19-5-4-14-28-19/h6-9,19H,4-5,10-16H2,1-3H3,(H,22,23). The molecule has 1 aromatic carbocycles. The molecule has 1 atom stereocenters. The second-order valence-corrected chi connectivity index (χ2v) is 7.77. The van der Waals surface area contributed by atoms with Crippen molar-refractivity contribution in [3.05, 3.63) is 35.4 Å². The van der Waals surface area contributed by atoms with Gasteiger partial charge >= 0.3 is 0 Å². The molecule has 7 heteroatoms. The predicted molar refractivity (Wildman–Crippen MR) is 111 cm³/mol. The molecule has 7 nitrogen and oxygen atoms in total. The number of ether oxygens (including phenoxy) is 1.